The lowest BCUT2D eigenvalue weighted by Crippen LogP contribution is -2.30. The largest absolute Gasteiger partial charge is 0.481 e. The van der Waals surface area contributed by atoms with Crippen molar-refractivity contribution in [2.75, 3.05) is 10.6 Å². The molecular weight excluding hydrogens is 364 g/mol. The molecule has 5 nitrogen and oxygen atoms in total. The van der Waals surface area contributed by atoms with Gasteiger partial charge in [-0.2, -0.15) is 0 Å². The molecule has 2 rings (SSSR count). The van der Waals surface area contributed by atoms with Gasteiger partial charge in [-0.05, 0) is 60.2 Å². The summed E-state index contributed by atoms with van der Waals surface area (Å²) in [4.78, 5) is 24.2. The van der Waals surface area contributed by atoms with Crippen LogP contribution in [0.5, 0.6) is 5.75 Å². The zero-order valence-electron chi connectivity index (χ0n) is 18.2. The number of hydrogen-bond donors (Lipinski definition) is 2. The lowest BCUT2D eigenvalue weighted by Gasteiger charge is -2.20. The topological polar surface area (TPSA) is 67.4 Å². The van der Waals surface area contributed by atoms with E-state index in [0.29, 0.717) is 29.5 Å². The highest BCUT2D eigenvalue weighted by Gasteiger charge is 2.17. The van der Waals surface area contributed by atoms with Gasteiger partial charge >= 0.3 is 0 Å². The third-order valence-corrected chi connectivity index (χ3v) is 4.43. The molecule has 0 aromatic heterocycles. The maximum Gasteiger partial charge on any atom is 0.265 e. The minimum atomic E-state index is -0.638. The van der Waals surface area contributed by atoms with Gasteiger partial charge in [-0.1, -0.05) is 46.8 Å². The first-order valence-electron chi connectivity index (χ1n) is 10.0. The molecule has 1 unspecified atom stereocenters. The Balaban J connectivity index is 1.89. The SMILES string of the molecule is CC(C)CC(=O)Nc1ccc(NC(=O)C(C)Oc2ccc(C(C)(C)C)cc2)cc1. The summed E-state index contributed by atoms with van der Waals surface area (Å²) in [6.07, 6.45) is -0.162. The number of ether oxygens (including phenoxy) is 1. The monoisotopic (exact) mass is 396 g/mol. The van der Waals surface area contributed by atoms with E-state index in [0.717, 1.165) is 0 Å². The summed E-state index contributed by atoms with van der Waals surface area (Å²) in [6.45, 7) is 12.2. The molecule has 2 aromatic rings. The van der Waals surface area contributed by atoms with Crippen LogP contribution in [0.2, 0.25) is 0 Å². The van der Waals surface area contributed by atoms with Gasteiger partial charge in [0.15, 0.2) is 6.10 Å². The van der Waals surface area contributed by atoms with E-state index in [9.17, 15) is 9.59 Å². The van der Waals surface area contributed by atoms with Gasteiger partial charge in [0.2, 0.25) is 5.91 Å². The number of hydrogen-bond acceptors (Lipinski definition) is 3. The second-order valence-corrected chi connectivity index (χ2v) is 8.75. The minimum Gasteiger partial charge on any atom is -0.481 e. The molecule has 0 fully saturated rings. The summed E-state index contributed by atoms with van der Waals surface area (Å²) in [6, 6.07) is 14.9. The first-order valence-corrected chi connectivity index (χ1v) is 10.0. The lowest BCUT2D eigenvalue weighted by molar-refractivity contribution is -0.122. The van der Waals surface area contributed by atoms with E-state index in [1.807, 2.05) is 38.1 Å². The van der Waals surface area contributed by atoms with Crippen LogP contribution in [0.3, 0.4) is 0 Å². The summed E-state index contributed by atoms with van der Waals surface area (Å²) >= 11 is 0. The normalized spacial score (nSPS) is 12.4. The lowest BCUT2D eigenvalue weighted by atomic mass is 9.87. The molecule has 0 saturated heterocycles. The highest BCUT2D eigenvalue weighted by Crippen LogP contribution is 2.25. The number of carbonyl (C=O) groups is 2. The summed E-state index contributed by atoms with van der Waals surface area (Å²) in [5.74, 6) is 0.710. The van der Waals surface area contributed by atoms with Gasteiger partial charge in [-0.15, -0.1) is 0 Å². The van der Waals surface area contributed by atoms with Gasteiger partial charge in [0, 0.05) is 17.8 Å². The maximum absolute atomic E-state index is 12.4. The predicted molar refractivity (Wildman–Crippen MR) is 118 cm³/mol. The van der Waals surface area contributed by atoms with Gasteiger partial charge < -0.3 is 15.4 Å². The van der Waals surface area contributed by atoms with E-state index in [4.69, 9.17) is 4.74 Å². The molecule has 1 atom stereocenters. The molecule has 29 heavy (non-hydrogen) atoms. The van der Waals surface area contributed by atoms with Crippen LogP contribution in [0.1, 0.15) is 53.5 Å². The molecule has 0 aliphatic heterocycles. The smallest absolute Gasteiger partial charge is 0.265 e. The fourth-order valence-electron chi connectivity index (χ4n) is 2.75. The molecule has 2 N–H and O–H groups in total. The Morgan fingerprint density at radius 3 is 1.86 bits per heavy atom. The minimum absolute atomic E-state index is 0.0173. The number of nitrogens with one attached hydrogen (secondary N) is 2. The Morgan fingerprint density at radius 1 is 0.862 bits per heavy atom. The first-order chi connectivity index (χ1) is 13.5. The van der Waals surface area contributed by atoms with Crippen LogP contribution in [0.25, 0.3) is 0 Å². The number of rotatable bonds is 7. The van der Waals surface area contributed by atoms with Crippen LogP contribution in [0.4, 0.5) is 11.4 Å². The molecule has 0 saturated carbocycles. The maximum atomic E-state index is 12.4. The fraction of sp³-hybridized carbons (Fsp3) is 0.417. The van der Waals surface area contributed by atoms with E-state index < -0.39 is 6.10 Å². The molecule has 0 aliphatic carbocycles. The van der Waals surface area contributed by atoms with Crippen molar-refractivity contribution >= 4 is 23.2 Å². The molecule has 2 amide bonds. The van der Waals surface area contributed by atoms with Crippen molar-refractivity contribution < 1.29 is 14.3 Å². The van der Waals surface area contributed by atoms with Crippen LogP contribution in [-0.2, 0) is 15.0 Å². The number of amides is 2. The first kappa shape index (κ1) is 22.5. The van der Waals surface area contributed by atoms with Crippen LogP contribution in [-0.4, -0.2) is 17.9 Å². The van der Waals surface area contributed by atoms with Crippen molar-refractivity contribution in [3.8, 4) is 5.75 Å². The van der Waals surface area contributed by atoms with E-state index in [1.165, 1.54) is 5.56 Å². The molecule has 0 heterocycles. The molecule has 0 aliphatic rings. The van der Waals surface area contributed by atoms with Crippen molar-refractivity contribution in [2.24, 2.45) is 5.92 Å². The zero-order valence-corrected chi connectivity index (χ0v) is 18.2. The molecule has 0 bridgehead atoms. The van der Waals surface area contributed by atoms with Crippen molar-refractivity contribution in [3.63, 3.8) is 0 Å². The number of carbonyl (C=O) groups excluding carboxylic acids is 2. The van der Waals surface area contributed by atoms with Crippen molar-refractivity contribution in [1.82, 2.24) is 0 Å². The quantitative estimate of drug-likeness (QED) is 0.661. The fourth-order valence-corrected chi connectivity index (χ4v) is 2.75. The van der Waals surface area contributed by atoms with Gasteiger partial charge in [0.25, 0.3) is 5.91 Å². The number of benzene rings is 2. The van der Waals surface area contributed by atoms with Gasteiger partial charge in [0.1, 0.15) is 5.75 Å². The van der Waals surface area contributed by atoms with Crippen LogP contribution >= 0.6 is 0 Å². The Labute approximate surface area is 173 Å². The molecular formula is C24H32N2O3. The van der Waals surface area contributed by atoms with E-state index in [-0.39, 0.29) is 17.2 Å². The third-order valence-electron chi connectivity index (χ3n) is 4.43. The van der Waals surface area contributed by atoms with Crippen LogP contribution in [0, 0.1) is 5.92 Å². The van der Waals surface area contributed by atoms with Crippen molar-refractivity contribution in [2.45, 2.75) is 59.5 Å². The average Bonchev–Trinajstić information content (AvgIpc) is 2.62. The second kappa shape index (κ2) is 9.59. The molecule has 5 heteroatoms. The predicted octanol–water partition coefficient (Wildman–Crippen LogP) is 5.37. The Kier molecular flexibility index (Phi) is 7.43. The Hall–Kier alpha value is -2.82. The van der Waals surface area contributed by atoms with Crippen LogP contribution in [0.15, 0.2) is 48.5 Å². The van der Waals surface area contributed by atoms with E-state index in [1.54, 1.807) is 31.2 Å². The molecule has 0 spiro atoms. The van der Waals surface area contributed by atoms with E-state index in [2.05, 4.69) is 31.4 Å². The second-order valence-electron chi connectivity index (χ2n) is 8.75. The van der Waals surface area contributed by atoms with Gasteiger partial charge in [-0.3, -0.25) is 9.59 Å². The summed E-state index contributed by atoms with van der Waals surface area (Å²) < 4.78 is 5.76. The summed E-state index contributed by atoms with van der Waals surface area (Å²) in [5.41, 5.74) is 2.64. The zero-order chi connectivity index (χ0) is 21.6. The highest BCUT2D eigenvalue weighted by atomic mass is 16.5. The van der Waals surface area contributed by atoms with Gasteiger partial charge in [0.05, 0.1) is 0 Å². The summed E-state index contributed by atoms with van der Waals surface area (Å²) in [7, 11) is 0. The standard InChI is InChI=1S/C24H32N2O3/c1-16(2)15-22(27)25-19-9-11-20(12-10-19)26-23(28)17(3)29-21-13-7-18(8-14-21)24(4,5)6/h7-14,16-17H,15H2,1-6H3,(H,25,27)(H,26,28). The molecule has 156 valence electrons. The summed E-state index contributed by atoms with van der Waals surface area (Å²) in [5, 5.41) is 5.68. The van der Waals surface area contributed by atoms with Gasteiger partial charge in [-0.25, -0.2) is 0 Å². The Morgan fingerprint density at radius 2 is 1.38 bits per heavy atom. The van der Waals surface area contributed by atoms with Crippen LogP contribution < -0.4 is 15.4 Å². The molecule has 0 radical (unpaired) electrons. The van der Waals surface area contributed by atoms with E-state index >= 15 is 0 Å². The Bertz CT molecular complexity index is 819. The number of anilines is 2. The van der Waals surface area contributed by atoms with Crippen molar-refractivity contribution in [3.05, 3.63) is 54.1 Å². The molecule has 2 aromatic carbocycles. The third kappa shape index (κ3) is 7.26. The van der Waals surface area contributed by atoms with Crippen molar-refractivity contribution in [1.29, 1.82) is 0 Å². The average molecular weight is 397 g/mol. The highest BCUT2D eigenvalue weighted by molar-refractivity contribution is 5.95.